The molecule has 0 heterocycles. The molecule has 0 fully saturated rings. The molecule has 0 bridgehead atoms. The molecule has 0 radical (unpaired) electrons. The molecule has 0 aliphatic rings. The van der Waals surface area contributed by atoms with Crippen LogP contribution in [0.15, 0.2) is 97.1 Å². The van der Waals surface area contributed by atoms with Gasteiger partial charge >= 0.3 is 0 Å². The molecule has 5 nitrogen and oxygen atoms in total. The summed E-state index contributed by atoms with van der Waals surface area (Å²) in [7, 11) is 0. The molecule has 1 atom stereocenters. The lowest BCUT2D eigenvalue weighted by Crippen LogP contribution is -2.37. The van der Waals surface area contributed by atoms with E-state index >= 15 is 0 Å². The highest BCUT2D eigenvalue weighted by Gasteiger charge is 2.14. The molecule has 5 heteroatoms. The van der Waals surface area contributed by atoms with Crippen LogP contribution in [0.5, 0.6) is 0 Å². The molecule has 158 valence electrons. The Labute approximate surface area is 186 Å². The number of fused-ring (bicyclic) bond motifs is 1. The van der Waals surface area contributed by atoms with E-state index in [1.54, 1.807) is 30.3 Å². The van der Waals surface area contributed by atoms with Crippen molar-refractivity contribution in [2.75, 3.05) is 5.32 Å². The topological polar surface area (TPSA) is 75.3 Å². The van der Waals surface area contributed by atoms with E-state index in [0.717, 1.165) is 22.6 Å². The first-order valence-electron chi connectivity index (χ1n) is 10.3. The van der Waals surface area contributed by atoms with E-state index in [0.29, 0.717) is 23.2 Å². The van der Waals surface area contributed by atoms with Crippen LogP contribution in [0.2, 0.25) is 0 Å². The van der Waals surface area contributed by atoms with Crippen LogP contribution in [0.1, 0.15) is 26.3 Å². The molecule has 32 heavy (non-hydrogen) atoms. The SMILES string of the molecule is O=CC(Cc1ccccc1)NC(=O)c1ccc(NC(=O)c2ccc3ccccc3c2)cc1. The first-order chi connectivity index (χ1) is 15.6. The Hall–Kier alpha value is -4.25. The van der Waals surface area contributed by atoms with E-state index < -0.39 is 6.04 Å². The zero-order valence-electron chi connectivity index (χ0n) is 17.3. The van der Waals surface area contributed by atoms with Crippen molar-refractivity contribution in [2.45, 2.75) is 12.5 Å². The second-order valence-corrected chi connectivity index (χ2v) is 7.50. The third-order valence-corrected chi connectivity index (χ3v) is 5.20. The molecule has 0 saturated carbocycles. The van der Waals surface area contributed by atoms with Crippen LogP contribution < -0.4 is 10.6 Å². The number of hydrogen-bond acceptors (Lipinski definition) is 3. The molecule has 2 amide bonds. The molecule has 4 rings (SSSR count). The van der Waals surface area contributed by atoms with E-state index in [2.05, 4.69) is 10.6 Å². The minimum Gasteiger partial charge on any atom is -0.342 e. The number of rotatable bonds is 7. The van der Waals surface area contributed by atoms with E-state index in [1.807, 2.05) is 66.7 Å². The fourth-order valence-corrected chi connectivity index (χ4v) is 3.49. The summed E-state index contributed by atoms with van der Waals surface area (Å²) in [6.07, 6.45) is 1.17. The monoisotopic (exact) mass is 422 g/mol. The quantitative estimate of drug-likeness (QED) is 0.426. The predicted molar refractivity (Wildman–Crippen MR) is 126 cm³/mol. The summed E-state index contributed by atoms with van der Waals surface area (Å²) < 4.78 is 0. The summed E-state index contributed by atoms with van der Waals surface area (Å²) in [6, 6.07) is 28.9. The van der Waals surface area contributed by atoms with Gasteiger partial charge in [-0.25, -0.2) is 0 Å². The standard InChI is InChI=1S/C27H22N2O3/c30-18-25(16-19-6-2-1-3-7-19)29-26(31)21-12-14-24(15-13-21)28-27(32)23-11-10-20-8-4-5-9-22(20)17-23/h1-15,17-18,25H,16H2,(H,28,32)(H,29,31). The molecule has 0 spiro atoms. The lowest BCUT2D eigenvalue weighted by molar-refractivity contribution is -0.109. The Kier molecular flexibility index (Phi) is 6.37. The van der Waals surface area contributed by atoms with Gasteiger partial charge in [0.1, 0.15) is 6.29 Å². The summed E-state index contributed by atoms with van der Waals surface area (Å²) in [5, 5.41) is 7.65. The maximum Gasteiger partial charge on any atom is 0.255 e. The lowest BCUT2D eigenvalue weighted by Gasteiger charge is -2.13. The average Bonchev–Trinajstić information content (AvgIpc) is 2.84. The van der Waals surface area contributed by atoms with Crippen LogP contribution in [0.3, 0.4) is 0 Å². The van der Waals surface area contributed by atoms with Crippen molar-refractivity contribution >= 4 is 34.6 Å². The Bertz CT molecular complexity index is 1250. The summed E-state index contributed by atoms with van der Waals surface area (Å²) >= 11 is 0. The van der Waals surface area contributed by atoms with Gasteiger partial charge in [0, 0.05) is 16.8 Å². The number of nitrogens with one attached hydrogen (secondary N) is 2. The van der Waals surface area contributed by atoms with Crippen molar-refractivity contribution in [1.29, 1.82) is 0 Å². The van der Waals surface area contributed by atoms with Crippen LogP contribution in [0.4, 0.5) is 5.69 Å². The van der Waals surface area contributed by atoms with Crippen molar-refractivity contribution in [3.63, 3.8) is 0 Å². The molecule has 0 aliphatic carbocycles. The maximum absolute atomic E-state index is 12.6. The number of amides is 2. The van der Waals surface area contributed by atoms with Gasteiger partial charge in [-0.05, 0) is 59.2 Å². The Balaban J connectivity index is 1.38. The van der Waals surface area contributed by atoms with Crippen LogP contribution in [0, 0.1) is 0 Å². The molecule has 0 aromatic heterocycles. The molecule has 4 aromatic rings. The smallest absolute Gasteiger partial charge is 0.255 e. The highest BCUT2D eigenvalue weighted by Crippen LogP contribution is 2.17. The Morgan fingerprint density at radius 1 is 0.719 bits per heavy atom. The second kappa shape index (κ2) is 9.71. The number of carbonyl (C=O) groups excluding carboxylic acids is 3. The third-order valence-electron chi connectivity index (χ3n) is 5.20. The van der Waals surface area contributed by atoms with Crippen LogP contribution in [0.25, 0.3) is 10.8 Å². The van der Waals surface area contributed by atoms with Crippen molar-refractivity contribution in [2.24, 2.45) is 0 Å². The van der Waals surface area contributed by atoms with Gasteiger partial charge < -0.3 is 15.4 Å². The van der Waals surface area contributed by atoms with E-state index in [1.165, 1.54) is 0 Å². The molecule has 0 aliphatic heterocycles. The van der Waals surface area contributed by atoms with E-state index in [4.69, 9.17) is 0 Å². The highest BCUT2D eigenvalue weighted by molar-refractivity contribution is 6.06. The number of aldehydes is 1. The van der Waals surface area contributed by atoms with Gasteiger partial charge in [0.05, 0.1) is 6.04 Å². The normalized spacial score (nSPS) is 11.5. The summed E-state index contributed by atoms with van der Waals surface area (Å²) in [5.41, 5.74) is 2.52. The molecule has 4 aromatic carbocycles. The predicted octanol–water partition coefficient (Wildman–Crippen LogP) is 4.63. The zero-order chi connectivity index (χ0) is 22.3. The van der Waals surface area contributed by atoms with Gasteiger partial charge in [0.2, 0.25) is 0 Å². The highest BCUT2D eigenvalue weighted by atomic mass is 16.2. The molecule has 2 N–H and O–H groups in total. The summed E-state index contributed by atoms with van der Waals surface area (Å²) in [6.45, 7) is 0. The fraction of sp³-hybridized carbons (Fsp3) is 0.0741. The number of hydrogen-bond donors (Lipinski definition) is 2. The van der Waals surface area contributed by atoms with Crippen molar-refractivity contribution < 1.29 is 14.4 Å². The van der Waals surface area contributed by atoms with Gasteiger partial charge in [0.15, 0.2) is 0 Å². The van der Waals surface area contributed by atoms with Crippen LogP contribution in [-0.2, 0) is 11.2 Å². The zero-order valence-corrected chi connectivity index (χ0v) is 17.3. The molecular weight excluding hydrogens is 400 g/mol. The molecule has 0 saturated heterocycles. The molecular formula is C27H22N2O3. The summed E-state index contributed by atoms with van der Waals surface area (Å²) in [5.74, 6) is -0.567. The molecule has 1 unspecified atom stereocenters. The van der Waals surface area contributed by atoms with Crippen LogP contribution >= 0.6 is 0 Å². The van der Waals surface area contributed by atoms with Gasteiger partial charge in [-0.3, -0.25) is 9.59 Å². The van der Waals surface area contributed by atoms with E-state index in [-0.39, 0.29) is 11.8 Å². The minimum atomic E-state index is -0.614. The van der Waals surface area contributed by atoms with Gasteiger partial charge in [-0.15, -0.1) is 0 Å². The second-order valence-electron chi connectivity index (χ2n) is 7.50. The number of carbonyl (C=O) groups is 3. The maximum atomic E-state index is 12.6. The fourth-order valence-electron chi connectivity index (χ4n) is 3.49. The first-order valence-corrected chi connectivity index (χ1v) is 10.3. The Morgan fingerprint density at radius 2 is 1.38 bits per heavy atom. The van der Waals surface area contributed by atoms with Crippen molar-refractivity contribution in [1.82, 2.24) is 5.32 Å². The summed E-state index contributed by atoms with van der Waals surface area (Å²) in [4.78, 5) is 36.5. The lowest BCUT2D eigenvalue weighted by atomic mass is 10.1. The third kappa shape index (κ3) is 5.08. The number of anilines is 1. The largest absolute Gasteiger partial charge is 0.342 e. The van der Waals surface area contributed by atoms with Crippen molar-refractivity contribution in [3.05, 3.63) is 114 Å². The minimum absolute atomic E-state index is 0.225. The van der Waals surface area contributed by atoms with Crippen molar-refractivity contribution in [3.8, 4) is 0 Å². The van der Waals surface area contributed by atoms with Crippen LogP contribution in [-0.4, -0.2) is 24.1 Å². The Morgan fingerprint density at radius 3 is 2.09 bits per heavy atom. The van der Waals surface area contributed by atoms with Gasteiger partial charge in [-0.1, -0.05) is 60.7 Å². The van der Waals surface area contributed by atoms with Gasteiger partial charge in [0.25, 0.3) is 11.8 Å². The average molecular weight is 422 g/mol. The first kappa shape index (κ1) is 21.0. The van der Waals surface area contributed by atoms with E-state index in [9.17, 15) is 14.4 Å². The number of benzene rings is 4. The van der Waals surface area contributed by atoms with Gasteiger partial charge in [-0.2, -0.15) is 0 Å².